The van der Waals surface area contributed by atoms with Crippen molar-refractivity contribution in [3.05, 3.63) is 70.8 Å². The Morgan fingerprint density at radius 1 is 1.03 bits per heavy atom. The lowest BCUT2D eigenvalue weighted by molar-refractivity contribution is 0.102. The van der Waals surface area contributed by atoms with Crippen molar-refractivity contribution in [3.8, 4) is 28.7 Å². The average molecular weight is 547 g/mol. The second-order valence-corrected chi connectivity index (χ2v) is 9.36. The third-order valence-corrected chi connectivity index (χ3v) is 6.54. The highest BCUT2D eigenvalue weighted by molar-refractivity contribution is 7.21. The number of ether oxygens (including phenoxy) is 1. The summed E-state index contributed by atoms with van der Waals surface area (Å²) in [7, 11) is 3.23. The summed E-state index contributed by atoms with van der Waals surface area (Å²) in [5, 5.41) is 7.28. The molecule has 0 aliphatic carbocycles. The predicted octanol–water partition coefficient (Wildman–Crippen LogP) is 4.49. The maximum absolute atomic E-state index is 13.4. The molecule has 0 saturated heterocycles. The molecule has 5 rings (SSSR count). The number of halogens is 2. The van der Waals surface area contributed by atoms with Crippen molar-refractivity contribution < 1.29 is 18.3 Å². The van der Waals surface area contributed by atoms with Gasteiger partial charge in [0.1, 0.15) is 22.8 Å². The molecule has 196 valence electrons. The monoisotopic (exact) mass is 546 g/mol. The fourth-order valence-corrected chi connectivity index (χ4v) is 4.46. The van der Waals surface area contributed by atoms with Gasteiger partial charge in [0.15, 0.2) is 15.6 Å². The Balaban J connectivity index is 1.44. The molecule has 0 atom stereocenters. The van der Waals surface area contributed by atoms with Gasteiger partial charge < -0.3 is 4.74 Å². The first-order valence-electron chi connectivity index (χ1n) is 11.5. The minimum Gasteiger partial charge on any atom is -0.494 e. The second kappa shape index (κ2) is 10.5. The van der Waals surface area contributed by atoms with Crippen molar-refractivity contribution >= 4 is 32.9 Å². The summed E-state index contributed by atoms with van der Waals surface area (Å²) in [4.78, 5) is 34.9. The fourth-order valence-electron chi connectivity index (χ4n) is 3.66. The summed E-state index contributed by atoms with van der Waals surface area (Å²) < 4.78 is 33.8. The molecule has 1 N–H and O–H groups in total. The van der Waals surface area contributed by atoms with Crippen molar-refractivity contribution in [3.63, 3.8) is 0 Å². The van der Waals surface area contributed by atoms with Crippen LogP contribution in [0.1, 0.15) is 45.3 Å². The van der Waals surface area contributed by atoms with Gasteiger partial charge in [-0.05, 0) is 43.9 Å². The Morgan fingerprint density at radius 3 is 2.54 bits per heavy atom. The molecule has 0 spiro atoms. The topological polar surface area (TPSA) is 121 Å². The number of anilines is 1. The molecule has 0 bridgehead atoms. The van der Waals surface area contributed by atoms with Crippen LogP contribution in [0.4, 0.5) is 13.9 Å². The molecule has 0 saturated carbocycles. The first-order valence-corrected chi connectivity index (χ1v) is 12.3. The number of nitrogens with one attached hydrogen (secondary N) is 1. The van der Waals surface area contributed by atoms with Crippen LogP contribution in [0.3, 0.4) is 0 Å². The molecule has 0 fully saturated rings. The molecular weight excluding hydrogens is 526 g/mol. The number of alkyl halides is 2. The Hall–Kier alpha value is -4.83. The van der Waals surface area contributed by atoms with Crippen molar-refractivity contribution in [1.29, 1.82) is 0 Å². The van der Waals surface area contributed by atoms with Crippen molar-refractivity contribution in [2.75, 3.05) is 12.4 Å². The van der Waals surface area contributed by atoms with Gasteiger partial charge in [0.25, 0.3) is 12.3 Å². The lowest BCUT2D eigenvalue weighted by Gasteiger charge is -2.14. The zero-order valence-corrected chi connectivity index (χ0v) is 22.0. The van der Waals surface area contributed by atoms with Crippen LogP contribution in [0.25, 0.3) is 21.6 Å². The number of carbonyl (C=O) groups is 1. The third kappa shape index (κ3) is 5.41. The Bertz CT molecular complexity index is 1770. The molecule has 0 aromatic carbocycles. The number of aromatic nitrogens is 7. The number of rotatable bonds is 5. The number of hydrogen-bond donors (Lipinski definition) is 1. The molecule has 0 radical (unpaired) electrons. The number of carbonyl (C=O) groups excluding carboxylic acids is 1. The maximum atomic E-state index is 13.4. The number of nitrogens with zero attached hydrogens (tertiary/aromatic N) is 7. The van der Waals surface area contributed by atoms with E-state index in [0.29, 0.717) is 33.1 Å². The maximum Gasteiger partial charge on any atom is 0.280 e. The van der Waals surface area contributed by atoms with Crippen molar-refractivity contribution in [2.24, 2.45) is 7.05 Å². The molecule has 39 heavy (non-hydrogen) atoms. The molecule has 10 nitrogen and oxygen atoms in total. The van der Waals surface area contributed by atoms with E-state index in [1.807, 2.05) is 20.0 Å². The van der Waals surface area contributed by atoms with Crippen LogP contribution < -0.4 is 10.1 Å². The van der Waals surface area contributed by atoms with Gasteiger partial charge in [0.05, 0.1) is 25.1 Å². The number of thiazole rings is 1. The van der Waals surface area contributed by atoms with E-state index in [0.717, 1.165) is 17.0 Å². The molecule has 5 heterocycles. The van der Waals surface area contributed by atoms with Crippen LogP contribution in [0.5, 0.6) is 5.75 Å². The largest absolute Gasteiger partial charge is 0.494 e. The highest BCUT2D eigenvalue weighted by Crippen LogP contribution is 2.35. The number of pyridine rings is 2. The van der Waals surface area contributed by atoms with E-state index in [9.17, 15) is 13.6 Å². The van der Waals surface area contributed by atoms with Gasteiger partial charge in [-0.2, -0.15) is 10.1 Å². The van der Waals surface area contributed by atoms with Crippen LogP contribution in [-0.2, 0) is 7.05 Å². The fraction of sp³-hybridized carbons (Fsp3) is 0.192. The second-order valence-electron chi connectivity index (χ2n) is 8.38. The SMILES string of the molecule is COc1cnc(C(F)F)cc1-c1cc(C)ncc1C(=O)Nc1nc2ncc(C#Cc3cc(C)n(C)n3)nc2s1. The van der Waals surface area contributed by atoms with Crippen LogP contribution in [-0.4, -0.2) is 47.7 Å². The average Bonchev–Trinajstić information content (AvgIpc) is 3.47. The van der Waals surface area contributed by atoms with Crippen LogP contribution >= 0.6 is 11.3 Å². The standard InChI is InChI=1S/C26H20F2N8O2S/c1-13-7-17(18-9-20(22(27)28)30-12-21(18)38-4)19(11-29-13)24(37)34-26-33-23-25(39-26)32-16(10-31-23)6-5-15-8-14(2)36(3)35-15/h7-12,22H,1-4H3,(H,31,33,34,37). The lowest BCUT2D eigenvalue weighted by Crippen LogP contribution is -2.14. The van der Waals surface area contributed by atoms with E-state index in [1.165, 1.54) is 31.8 Å². The number of methoxy groups -OCH3 is 1. The van der Waals surface area contributed by atoms with E-state index in [2.05, 4.69) is 47.2 Å². The molecule has 0 aliphatic rings. The van der Waals surface area contributed by atoms with Gasteiger partial charge in [0.2, 0.25) is 0 Å². The van der Waals surface area contributed by atoms with Gasteiger partial charge >= 0.3 is 0 Å². The van der Waals surface area contributed by atoms with E-state index < -0.39 is 18.0 Å². The van der Waals surface area contributed by atoms with E-state index >= 15 is 0 Å². The molecule has 1 amide bonds. The normalized spacial score (nSPS) is 10.9. The molecular formula is C26H20F2N8O2S. The summed E-state index contributed by atoms with van der Waals surface area (Å²) >= 11 is 1.12. The number of aryl methyl sites for hydroxylation is 3. The summed E-state index contributed by atoms with van der Waals surface area (Å²) in [6, 6.07) is 4.69. The minimum atomic E-state index is -2.79. The first-order chi connectivity index (χ1) is 18.7. The van der Waals surface area contributed by atoms with E-state index in [4.69, 9.17) is 4.74 Å². The summed E-state index contributed by atoms with van der Waals surface area (Å²) in [5.41, 5.74) is 3.30. The van der Waals surface area contributed by atoms with Gasteiger partial charge in [0, 0.05) is 35.8 Å². The third-order valence-electron chi connectivity index (χ3n) is 5.68. The van der Waals surface area contributed by atoms with Crippen molar-refractivity contribution in [2.45, 2.75) is 20.3 Å². The first kappa shape index (κ1) is 25.8. The molecule has 5 aromatic heterocycles. The predicted molar refractivity (Wildman–Crippen MR) is 141 cm³/mol. The van der Waals surface area contributed by atoms with Crippen LogP contribution in [0, 0.1) is 25.7 Å². The molecule has 0 unspecified atom stereocenters. The Kier molecular flexibility index (Phi) is 6.95. The number of hydrogen-bond acceptors (Lipinski definition) is 9. The molecule has 5 aromatic rings. The summed E-state index contributed by atoms with van der Waals surface area (Å²) in [6.45, 7) is 3.66. The lowest BCUT2D eigenvalue weighted by atomic mass is 9.99. The number of fused-ring (bicyclic) bond motifs is 1. The van der Waals surface area contributed by atoms with Gasteiger partial charge in [-0.25, -0.2) is 18.7 Å². The van der Waals surface area contributed by atoms with Gasteiger partial charge in [-0.15, -0.1) is 0 Å². The Morgan fingerprint density at radius 2 is 1.82 bits per heavy atom. The zero-order chi connectivity index (χ0) is 27.7. The Labute approximate surface area is 225 Å². The molecule has 0 aliphatic heterocycles. The van der Waals surface area contributed by atoms with Gasteiger partial charge in [-0.1, -0.05) is 11.3 Å². The number of amides is 1. The van der Waals surface area contributed by atoms with Crippen LogP contribution in [0.2, 0.25) is 0 Å². The summed E-state index contributed by atoms with van der Waals surface area (Å²) in [6.07, 6.45) is 1.28. The smallest absolute Gasteiger partial charge is 0.280 e. The van der Waals surface area contributed by atoms with E-state index in [-0.39, 0.29) is 22.0 Å². The van der Waals surface area contributed by atoms with Crippen LogP contribution in [0.15, 0.2) is 36.8 Å². The summed E-state index contributed by atoms with van der Waals surface area (Å²) in [5.74, 6) is 5.59. The highest BCUT2D eigenvalue weighted by atomic mass is 32.1. The van der Waals surface area contributed by atoms with Gasteiger partial charge in [-0.3, -0.25) is 24.8 Å². The minimum absolute atomic E-state index is 0.141. The van der Waals surface area contributed by atoms with E-state index in [1.54, 1.807) is 17.7 Å². The quantitative estimate of drug-likeness (QED) is 0.320. The zero-order valence-electron chi connectivity index (χ0n) is 21.2. The molecule has 13 heteroatoms. The highest BCUT2D eigenvalue weighted by Gasteiger charge is 2.21. The van der Waals surface area contributed by atoms with Crippen molar-refractivity contribution in [1.82, 2.24) is 34.7 Å².